The lowest BCUT2D eigenvalue weighted by Crippen LogP contribution is -2.21. The highest BCUT2D eigenvalue weighted by Gasteiger charge is 2.05. The van der Waals surface area contributed by atoms with Crippen molar-refractivity contribution in [2.75, 3.05) is 23.8 Å². The molecule has 0 bridgehead atoms. The zero-order valence-electron chi connectivity index (χ0n) is 15.9. The summed E-state index contributed by atoms with van der Waals surface area (Å²) in [5.74, 6) is 1.28. The van der Waals surface area contributed by atoms with Gasteiger partial charge in [-0.05, 0) is 47.4 Å². The Morgan fingerprint density at radius 3 is 2.56 bits per heavy atom. The van der Waals surface area contributed by atoms with Crippen LogP contribution >= 0.6 is 0 Å². The molecule has 3 aromatic rings. The maximum Gasteiger partial charge on any atom is 0.243 e. The molecule has 4 heteroatoms. The number of rotatable bonds is 8. The SMILES string of the molecule is CC(C)CCOc1cccc(NC(=O)CNc2ccc3ccccc3c2)c1. The predicted molar refractivity (Wildman–Crippen MR) is 112 cm³/mol. The molecule has 0 aliphatic heterocycles. The zero-order valence-corrected chi connectivity index (χ0v) is 15.9. The smallest absolute Gasteiger partial charge is 0.243 e. The monoisotopic (exact) mass is 362 g/mol. The Balaban J connectivity index is 1.52. The van der Waals surface area contributed by atoms with E-state index >= 15 is 0 Å². The van der Waals surface area contributed by atoms with Crippen LogP contribution in [0.2, 0.25) is 0 Å². The van der Waals surface area contributed by atoms with Crippen LogP contribution < -0.4 is 15.4 Å². The number of hydrogen-bond donors (Lipinski definition) is 2. The van der Waals surface area contributed by atoms with Gasteiger partial charge in [0.1, 0.15) is 5.75 Å². The van der Waals surface area contributed by atoms with E-state index in [1.165, 1.54) is 5.39 Å². The Morgan fingerprint density at radius 1 is 0.926 bits per heavy atom. The normalized spacial score (nSPS) is 10.8. The Kier molecular flexibility index (Phi) is 6.31. The lowest BCUT2D eigenvalue weighted by Gasteiger charge is -2.11. The van der Waals surface area contributed by atoms with Gasteiger partial charge in [-0.3, -0.25) is 4.79 Å². The van der Waals surface area contributed by atoms with Gasteiger partial charge in [0.15, 0.2) is 0 Å². The minimum atomic E-state index is -0.0949. The van der Waals surface area contributed by atoms with Gasteiger partial charge in [0, 0.05) is 17.4 Å². The third-order valence-corrected chi connectivity index (χ3v) is 4.28. The summed E-state index contributed by atoms with van der Waals surface area (Å²) in [5, 5.41) is 8.41. The van der Waals surface area contributed by atoms with Crippen LogP contribution in [-0.4, -0.2) is 19.1 Å². The molecule has 0 saturated carbocycles. The van der Waals surface area contributed by atoms with Crippen molar-refractivity contribution in [3.8, 4) is 5.75 Å². The van der Waals surface area contributed by atoms with Gasteiger partial charge in [0.2, 0.25) is 5.91 Å². The zero-order chi connectivity index (χ0) is 19.1. The molecule has 0 radical (unpaired) electrons. The van der Waals surface area contributed by atoms with Gasteiger partial charge in [-0.2, -0.15) is 0 Å². The molecule has 3 rings (SSSR count). The van der Waals surface area contributed by atoms with Gasteiger partial charge in [-0.25, -0.2) is 0 Å². The molecule has 0 saturated heterocycles. The van der Waals surface area contributed by atoms with Crippen LogP contribution in [0.15, 0.2) is 66.7 Å². The minimum Gasteiger partial charge on any atom is -0.494 e. The molecule has 27 heavy (non-hydrogen) atoms. The van der Waals surface area contributed by atoms with E-state index in [0.29, 0.717) is 12.5 Å². The second-order valence-corrected chi connectivity index (χ2v) is 7.02. The second-order valence-electron chi connectivity index (χ2n) is 7.02. The van der Waals surface area contributed by atoms with Gasteiger partial charge in [-0.15, -0.1) is 0 Å². The van der Waals surface area contributed by atoms with Gasteiger partial charge < -0.3 is 15.4 Å². The van der Waals surface area contributed by atoms with E-state index in [2.05, 4.69) is 36.6 Å². The van der Waals surface area contributed by atoms with Crippen LogP contribution in [-0.2, 0) is 4.79 Å². The molecule has 0 unspecified atom stereocenters. The van der Waals surface area contributed by atoms with Crippen molar-refractivity contribution in [2.45, 2.75) is 20.3 Å². The van der Waals surface area contributed by atoms with E-state index in [4.69, 9.17) is 4.74 Å². The number of anilines is 2. The molecule has 0 fully saturated rings. The summed E-state index contributed by atoms with van der Waals surface area (Å²) in [7, 11) is 0. The van der Waals surface area contributed by atoms with Crippen molar-refractivity contribution in [1.29, 1.82) is 0 Å². The third-order valence-electron chi connectivity index (χ3n) is 4.28. The molecule has 0 atom stereocenters. The molecule has 3 aromatic carbocycles. The van der Waals surface area contributed by atoms with Crippen LogP contribution in [0.3, 0.4) is 0 Å². The van der Waals surface area contributed by atoms with Crippen molar-refractivity contribution in [2.24, 2.45) is 5.92 Å². The molecular formula is C23H26N2O2. The quantitative estimate of drug-likeness (QED) is 0.570. The predicted octanol–water partition coefficient (Wildman–Crippen LogP) is 5.32. The maximum atomic E-state index is 12.2. The summed E-state index contributed by atoms with van der Waals surface area (Å²) in [4.78, 5) is 12.2. The van der Waals surface area contributed by atoms with Crippen LogP contribution in [0.5, 0.6) is 5.75 Å². The molecule has 0 aliphatic rings. The summed E-state index contributed by atoms with van der Waals surface area (Å²) in [6.45, 7) is 5.22. The van der Waals surface area contributed by atoms with Crippen molar-refractivity contribution in [3.05, 3.63) is 66.7 Å². The first kappa shape index (κ1) is 18.8. The molecule has 4 nitrogen and oxygen atoms in total. The van der Waals surface area contributed by atoms with E-state index in [1.54, 1.807) is 0 Å². The van der Waals surface area contributed by atoms with Crippen LogP contribution in [0.1, 0.15) is 20.3 Å². The number of nitrogens with one attached hydrogen (secondary N) is 2. The molecule has 0 spiro atoms. The topological polar surface area (TPSA) is 50.4 Å². The van der Waals surface area contributed by atoms with Crippen molar-refractivity contribution in [1.82, 2.24) is 0 Å². The second kappa shape index (κ2) is 9.08. The first-order valence-electron chi connectivity index (χ1n) is 9.35. The Morgan fingerprint density at radius 2 is 1.74 bits per heavy atom. The highest BCUT2D eigenvalue weighted by atomic mass is 16.5. The lowest BCUT2D eigenvalue weighted by atomic mass is 10.1. The van der Waals surface area contributed by atoms with Gasteiger partial charge in [0.25, 0.3) is 0 Å². The Labute approximate surface area is 160 Å². The standard InChI is InChI=1S/C23H26N2O2/c1-17(2)12-13-27-22-9-5-8-21(15-22)25-23(26)16-24-20-11-10-18-6-3-4-7-19(18)14-20/h3-11,14-15,17,24H,12-13,16H2,1-2H3,(H,25,26). The summed E-state index contributed by atoms with van der Waals surface area (Å²) in [6, 6.07) is 21.8. The number of fused-ring (bicyclic) bond motifs is 1. The molecular weight excluding hydrogens is 336 g/mol. The fourth-order valence-electron chi connectivity index (χ4n) is 2.76. The van der Waals surface area contributed by atoms with E-state index in [9.17, 15) is 4.79 Å². The van der Waals surface area contributed by atoms with Crippen molar-refractivity contribution in [3.63, 3.8) is 0 Å². The highest BCUT2D eigenvalue weighted by molar-refractivity contribution is 5.94. The molecule has 0 aromatic heterocycles. The largest absolute Gasteiger partial charge is 0.494 e. The van der Waals surface area contributed by atoms with Crippen molar-refractivity contribution < 1.29 is 9.53 Å². The molecule has 0 aliphatic carbocycles. The number of ether oxygens (including phenoxy) is 1. The number of benzene rings is 3. The van der Waals surface area contributed by atoms with Crippen LogP contribution in [0.25, 0.3) is 10.8 Å². The number of hydrogen-bond acceptors (Lipinski definition) is 3. The molecule has 0 heterocycles. The number of carbonyl (C=O) groups excluding carboxylic acids is 1. The molecule has 1 amide bonds. The van der Waals surface area contributed by atoms with E-state index in [-0.39, 0.29) is 12.5 Å². The van der Waals surface area contributed by atoms with Crippen molar-refractivity contribution >= 4 is 28.1 Å². The highest BCUT2D eigenvalue weighted by Crippen LogP contribution is 2.20. The lowest BCUT2D eigenvalue weighted by molar-refractivity contribution is -0.114. The number of carbonyl (C=O) groups is 1. The van der Waals surface area contributed by atoms with Gasteiger partial charge in [0.05, 0.1) is 13.2 Å². The fourth-order valence-corrected chi connectivity index (χ4v) is 2.76. The summed E-state index contributed by atoms with van der Waals surface area (Å²) in [6.07, 6.45) is 1.01. The van der Waals surface area contributed by atoms with E-state index < -0.39 is 0 Å². The van der Waals surface area contributed by atoms with Crippen LogP contribution in [0, 0.1) is 5.92 Å². The van der Waals surface area contributed by atoms with E-state index in [1.807, 2.05) is 54.6 Å². The fraction of sp³-hybridized carbons (Fsp3) is 0.261. The first-order valence-corrected chi connectivity index (χ1v) is 9.35. The summed E-state index contributed by atoms with van der Waals surface area (Å²) < 4.78 is 5.74. The minimum absolute atomic E-state index is 0.0949. The molecule has 2 N–H and O–H groups in total. The Bertz CT molecular complexity index is 906. The maximum absolute atomic E-state index is 12.2. The number of amides is 1. The van der Waals surface area contributed by atoms with Crippen LogP contribution in [0.4, 0.5) is 11.4 Å². The van der Waals surface area contributed by atoms with Gasteiger partial charge >= 0.3 is 0 Å². The van der Waals surface area contributed by atoms with Gasteiger partial charge in [-0.1, -0.05) is 50.2 Å². The third kappa shape index (κ3) is 5.74. The average molecular weight is 362 g/mol. The van der Waals surface area contributed by atoms with E-state index in [0.717, 1.165) is 28.9 Å². The molecule has 140 valence electrons. The first-order chi connectivity index (χ1) is 13.1. The summed E-state index contributed by atoms with van der Waals surface area (Å²) in [5.41, 5.74) is 1.66. The summed E-state index contributed by atoms with van der Waals surface area (Å²) >= 11 is 0. The Hall–Kier alpha value is -3.01. The average Bonchev–Trinajstić information content (AvgIpc) is 2.66.